The SMILES string of the molecule is COc1ccc(NC(C)c2ccc(C)o2)cn1. The molecule has 0 saturated heterocycles. The van der Waals surface area contributed by atoms with Crippen molar-refractivity contribution in [3.63, 3.8) is 0 Å². The van der Waals surface area contributed by atoms with Crippen LogP contribution in [0, 0.1) is 6.92 Å². The van der Waals surface area contributed by atoms with Crippen LogP contribution in [0.25, 0.3) is 0 Å². The van der Waals surface area contributed by atoms with Gasteiger partial charge in [-0.25, -0.2) is 4.98 Å². The summed E-state index contributed by atoms with van der Waals surface area (Å²) in [6.07, 6.45) is 1.74. The summed E-state index contributed by atoms with van der Waals surface area (Å²) in [5.41, 5.74) is 0.937. The minimum Gasteiger partial charge on any atom is -0.481 e. The van der Waals surface area contributed by atoms with E-state index in [0.29, 0.717) is 5.88 Å². The number of pyridine rings is 1. The molecular formula is C13H16N2O2. The molecule has 0 aromatic carbocycles. The van der Waals surface area contributed by atoms with Gasteiger partial charge in [0, 0.05) is 6.07 Å². The summed E-state index contributed by atoms with van der Waals surface area (Å²) >= 11 is 0. The lowest BCUT2D eigenvalue weighted by Gasteiger charge is -2.12. The second-order valence-corrected chi connectivity index (χ2v) is 3.90. The minimum absolute atomic E-state index is 0.110. The first-order valence-corrected chi connectivity index (χ1v) is 5.52. The second kappa shape index (κ2) is 4.91. The van der Waals surface area contributed by atoms with Gasteiger partial charge in [-0.05, 0) is 32.0 Å². The van der Waals surface area contributed by atoms with Crippen molar-refractivity contribution in [2.75, 3.05) is 12.4 Å². The number of methoxy groups -OCH3 is 1. The highest BCUT2D eigenvalue weighted by atomic mass is 16.5. The van der Waals surface area contributed by atoms with Gasteiger partial charge in [-0.1, -0.05) is 0 Å². The van der Waals surface area contributed by atoms with E-state index in [9.17, 15) is 0 Å². The first-order chi connectivity index (χ1) is 8.19. The van der Waals surface area contributed by atoms with Crippen LogP contribution in [0.4, 0.5) is 5.69 Å². The topological polar surface area (TPSA) is 47.3 Å². The van der Waals surface area contributed by atoms with E-state index in [4.69, 9.17) is 9.15 Å². The highest BCUT2D eigenvalue weighted by Gasteiger charge is 2.09. The third-order valence-corrected chi connectivity index (χ3v) is 2.52. The molecule has 90 valence electrons. The molecule has 4 nitrogen and oxygen atoms in total. The van der Waals surface area contributed by atoms with Crippen LogP contribution >= 0.6 is 0 Å². The Balaban J connectivity index is 2.04. The first-order valence-electron chi connectivity index (χ1n) is 5.52. The van der Waals surface area contributed by atoms with E-state index in [2.05, 4.69) is 10.3 Å². The number of rotatable bonds is 4. The van der Waals surface area contributed by atoms with Gasteiger partial charge in [0.1, 0.15) is 11.5 Å². The Hall–Kier alpha value is -1.97. The number of anilines is 1. The molecule has 0 aliphatic heterocycles. The largest absolute Gasteiger partial charge is 0.481 e. The molecule has 1 unspecified atom stereocenters. The summed E-state index contributed by atoms with van der Waals surface area (Å²) in [4.78, 5) is 4.13. The van der Waals surface area contributed by atoms with Crippen molar-refractivity contribution in [3.05, 3.63) is 42.0 Å². The van der Waals surface area contributed by atoms with Crippen LogP contribution in [0.2, 0.25) is 0 Å². The predicted molar refractivity (Wildman–Crippen MR) is 66.3 cm³/mol. The van der Waals surface area contributed by atoms with Gasteiger partial charge in [0.05, 0.1) is 25.0 Å². The average Bonchev–Trinajstić information content (AvgIpc) is 2.77. The molecule has 0 aliphatic rings. The maximum absolute atomic E-state index is 5.55. The molecule has 0 aliphatic carbocycles. The van der Waals surface area contributed by atoms with Gasteiger partial charge in [-0.2, -0.15) is 0 Å². The van der Waals surface area contributed by atoms with Gasteiger partial charge in [-0.3, -0.25) is 0 Å². The number of aromatic nitrogens is 1. The molecule has 0 bridgehead atoms. The molecule has 4 heteroatoms. The van der Waals surface area contributed by atoms with Crippen molar-refractivity contribution in [2.45, 2.75) is 19.9 Å². The first kappa shape index (κ1) is 11.5. The Labute approximate surface area is 101 Å². The number of hydrogen-bond donors (Lipinski definition) is 1. The van der Waals surface area contributed by atoms with Crippen molar-refractivity contribution >= 4 is 5.69 Å². The van der Waals surface area contributed by atoms with E-state index in [1.165, 1.54) is 0 Å². The molecule has 2 aromatic rings. The number of ether oxygens (including phenoxy) is 1. The normalized spacial score (nSPS) is 12.2. The summed E-state index contributed by atoms with van der Waals surface area (Å²) < 4.78 is 10.6. The fourth-order valence-corrected chi connectivity index (χ4v) is 1.59. The van der Waals surface area contributed by atoms with Gasteiger partial charge in [0.2, 0.25) is 5.88 Å². The fourth-order valence-electron chi connectivity index (χ4n) is 1.59. The van der Waals surface area contributed by atoms with Crippen molar-refractivity contribution < 1.29 is 9.15 Å². The molecule has 0 fully saturated rings. The highest BCUT2D eigenvalue weighted by Crippen LogP contribution is 2.21. The van der Waals surface area contributed by atoms with Crippen molar-refractivity contribution in [2.24, 2.45) is 0 Å². The number of nitrogens with zero attached hydrogens (tertiary/aromatic N) is 1. The van der Waals surface area contributed by atoms with E-state index in [1.54, 1.807) is 13.3 Å². The third-order valence-electron chi connectivity index (χ3n) is 2.52. The molecule has 0 saturated carbocycles. The Morgan fingerprint density at radius 3 is 2.65 bits per heavy atom. The van der Waals surface area contributed by atoms with E-state index in [-0.39, 0.29) is 6.04 Å². The average molecular weight is 232 g/mol. The zero-order valence-electron chi connectivity index (χ0n) is 10.2. The molecule has 2 heterocycles. The molecule has 0 spiro atoms. The zero-order chi connectivity index (χ0) is 12.3. The summed E-state index contributed by atoms with van der Waals surface area (Å²) in [7, 11) is 1.60. The fraction of sp³-hybridized carbons (Fsp3) is 0.308. The standard InChI is InChI=1S/C13H16N2O2/c1-9-4-6-12(17-9)10(2)15-11-5-7-13(16-3)14-8-11/h4-8,10,15H,1-3H3. The molecule has 2 aromatic heterocycles. The number of furan rings is 1. The maximum atomic E-state index is 5.55. The van der Waals surface area contributed by atoms with E-state index < -0.39 is 0 Å². The van der Waals surface area contributed by atoms with Gasteiger partial charge < -0.3 is 14.5 Å². The number of nitrogens with one attached hydrogen (secondary N) is 1. The van der Waals surface area contributed by atoms with E-state index in [0.717, 1.165) is 17.2 Å². The summed E-state index contributed by atoms with van der Waals surface area (Å²) in [6.45, 7) is 3.98. The molecule has 0 radical (unpaired) electrons. The smallest absolute Gasteiger partial charge is 0.213 e. The van der Waals surface area contributed by atoms with Crippen LogP contribution in [-0.4, -0.2) is 12.1 Å². The van der Waals surface area contributed by atoms with Crippen LogP contribution in [0.15, 0.2) is 34.9 Å². The zero-order valence-corrected chi connectivity index (χ0v) is 10.2. The minimum atomic E-state index is 0.110. The Kier molecular flexibility index (Phi) is 3.32. The van der Waals surface area contributed by atoms with Crippen molar-refractivity contribution in [3.8, 4) is 5.88 Å². The Bertz CT molecular complexity index is 476. The monoisotopic (exact) mass is 232 g/mol. The lowest BCUT2D eigenvalue weighted by Crippen LogP contribution is -2.05. The molecular weight excluding hydrogens is 216 g/mol. The van der Waals surface area contributed by atoms with Gasteiger partial charge in [0.15, 0.2) is 0 Å². The van der Waals surface area contributed by atoms with Gasteiger partial charge >= 0.3 is 0 Å². The summed E-state index contributed by atoms with van der Waals surface area (Å²) in [5, 5.41) is 3.31. The third kappa shape index (κ3) is 2.78. The summed E-state index contributed by atoms with van der Waals surface area (Å²) in [5.74, 6) is 2.44. The maximum Gasteiger partial charge on any atom is 0.213 e. The second-order valence-electron chi connectivity index (χ2n) is 3.90. The highest BCUT2D eigenvalue weighted by molar-refractivity contribution is 5.43. The Morgan fingerprint density at radius 2 is 2.12 bits per heavy atom. The lowest BCUT2D eigenvalue weighted by molar-refractivity contribution is 0.398. The van der Waals surface area contributed by atoms with Crippen LogP contribution in [0.3, 0.4) is 0 Å². The van der Waals surface area contributed by atoms with Crippen molar-refractivity contribution in [1.29, 1.82) is 0 Å². The molecule has 17 heavy (non-hydrogen) atoms. The molecule has 1 atom stereocenters. The Morgan fingerprint density at radius 1 is 1.29 bits per heavy atom. The molecule has 2 rings (SSSR count). The van der Waals surface area contributed by atoms with Crippen LogP contribution in [-0.2, 0) is 0 Å². The molecule has 1 N–H and O–H groups in total. The lowest BCUT2D eigenvalue weighted by atomic mass is 10.2. The van der Waals surface area contributed by atoms with Crippen LogP contribution < -0.4 is 10.1 Å². The predicted octanol–water partition coefficient (Wildman–Crippen LogP) is 3.16. The quantitative estimate of drug-likeness (QED) is 0.879. The molecule has 0 amide bonds. The van der Waals surface area contributed by atoms with Gasteiger partial charge in [0.25, 0.3) is 0 Å². The van der Waals surface area contributed by atoms with E-state index in [1.807, 2.05) is 38.1 Å². The van der Waals surface area contributed by atoms with Gasteiger partial charge in [-0.15, -0.1) is 0 Å². The summed E-state index contributed by atoms with van der Waals surface area (Å²) in [6, 6.07) is 7.79. The number of aryl methyl sites for hydroxylation is 1. The van der Waals surface area contributed by atoms with E-state index >= 15 is 0 Å². The number of hydrogen-bond acceptors (Lipinski definition) is 4. The van der Waals surface area contributed by atoms with Crippen LogP contribution in [0.1, 0.15) is 24.5 Å². The van der Waals surface area contributed by atoms with Crippen LogP contribution in [0.5, 0.6) is 5.88 Å². The van der Waals surface area contributed by atoms with Crippen molar-refractivity contribution in [1.82, 2.24) is 4.98 Å².